The summed E-state index contributed by atoms with van der Waals surface area (Å²) in [5.41, 5.74) is 7.68. The number of hydrogen-bond donors (Lipinski definition) is 1. The van der Waals surface area contributed by atoms with Gasteiger partial charge in [-0.25, -0.2) is 0 Å². The highest BCUT2D eigenvalue weighted by Gasteiger charge is 2.35. The number of nitrogens with zero attached hydrogens (tertiary/aromatic N) is 1. The molecule has 1 spiro atoms. The molecule has 1 N–H and O–H groups in total. The van der Waals surface area contributed by atoms with E-state index in [9.17, 15) is 4.79 Å². The largest absolute Gasteiger partial charge is 0.339 e. The molecule has 29 heavy (non-hydrogen) atoms. The Morgan fingerprint density at radius 2 is 1.72 bits per heavy atom. The summed E-state index contributed by atoms with van der Waals surface area (Å²) >= 11 is 0. The molecule has 3 heteroatoms. The summed E-state index contributed by atoms with van der Waals surface area (Å²) in [6.45, 7) is 9.88. The van der Waals surface area contributed by atoms with E-state index in [1.165, 1.54) is 40.7 Å². The number of fused-ring (bicyclic) bond motifs is 1. The molecule has 3 nitrogen and oxygen atoms in total. The highest BCUT2D eigenvalue weighted by atomic mass is 16.2. The summed E-state index contributed by atoms with van der Waals surface area (Å²) in [6, 6.07) is 15.1. The van der Waals surface area contributed by atoms with Crippen LogP contribution >= 0.6 is 0 Å². The van der Waals surface area contributed by atoms with Crippen molar-refractivity contribution >= 4 is 11.5 Å². The van der Waals surface area contributed by atoms with Gasteiger partial charge in [-0.15, -0.1) is 0 Å². The van der Waals surface area contributed by atoms with Gasteiger partial charge in [0.15, 0.2) is 0 Å². The molecule has 2 aromatic carbocycles. The molecule has 1 aliphatic carbocycles. The quantitative estimate of drug-likeness (QED) is 0.813. The monoisotopic (exact) mass is 388 g/mol. The third-order valence-electron chi connectivity index (χ3n) is 6.64. The second kappa shape index (κ2) is 8.16. The lowest BCUT2D eigenvalue weighted by molar-refractivity contribution is 0.0773. The van der Waals surface area contributed by atoms with Gasteiger partial charge >= 0.3 is 0 Å². The van der Waals surface area contributed by atoms with Crippen molar-refractivity contribution in [2.75, 3.05) is 26.2 Å². The summed E-state index contributed by atoms with van der Waals surface area (Å²) in [5.74, 6) is 0.116. The van der Waals surface area contributed by atoms with Gasteiger partial charge in [-0.1, -0.05) is 42.0 Å². The van der Waals surface area contributed by atoms with Crippen LogP contribution in [0.25, 0.3) is 5.57 Å². The first kappa shape index (κ1) is 19.9. The van der Waals surface area contributed by atoms with Gasteiger partial charge in [0.05, 0.1) is 0 Å². The number of piperidine rings is 1. The molecule has 0 atom stereocenters. The lowest BCUT2D eigenvalue weighted by Gasteiger charge is -2.40. The fraction of sp³-hybridized carbons (Fsp3) is 0.423. The van der Waals surface area contributed by atoms with Gasteiger partial charge in [0.1, 0.15) is 0 Å². The smallest absolute Gasteiger partial charge is 0.253 e. The van der Waals surface area contributed by atoms with Crippen LogP contribution in [0.1, 0.15) is 59.3 Å². The molecule has 0 aromatic heterocycles. The SMILES string of the molecule is CCN(CC)C(=O)c1ccc(C2=CC3(CCNCC3)Cc3ccc(C)cc32)cc1. The van der Waals surface area contributed by atoms with Gasteiger partial charge in [0.2, 0.25) is 0 Å². The van der Waals surface area contributed by atoms with Crippen LogP contribution in [-0.2, 0) is 6.42 Å². The first-order chi connectivity index (χ1) is 14.0. The maximum atomic E-state index is 12.7. The zero-order valence-electron chi connectivity index (χ0n) is 17.9. The Morgan fingerprint density at radius 3 is 2.38 bits per heavy atom. The molecule has 0 saturated carbocycles. The molecule has 4 rings (SSSR count). The van der Waals surface area contributed by atoms with Gasteiger partial charge in [0, 0.05) is 18.7 Å². The van der Waals surface area contributed by atoms with Gasteiger partial charge in [-0.3, -0.25) is 4.79 Å². The first-order valence-corrected chi connectivity index (χ1v) is 11.0. The van der Waals surface area contributed by atoms with Crippen LogP contribution in [0.15, 0.2) is 48.5 Å². The molecule has 0 unspecified atom stereocenters. The number of carbonyl (C=O) groups excluding carboxylic acids is 1. The predicted molar refractivity (Wildman–Crippen MR) is 120 cm³/mol. The number of hydrogen-bond acceptors (Lipinski definition) is 2. The Kier molecular flexibility index (Phi) is 5.60. The fourth-order valence-electron chi connectivity index (χ4n) is 4.88. The summed E-state index contributed by atoms with van der Waals surface area (Å²) in [4.78, 5) is 14.6. The molecule has 2 aliphatic rings. The minimum absolute atomic E-state index is 0.116. The average Bonchev–Trinajstić information content (AvgIpc) is 2.75. The minimum Gasteiger partial charge on any atom is -0.339 e. The van der Waals surface area contributed by atoms with Gasteiger partial charge < -0.3 is 10.2 Å². The lowest BCUT2D eigenvalue weighted by atomic mass is 9.67. The Balaban J connectivity index is 1.73. The molecule has 0 bridgehead atoms. The molecule has 1 amide bonds. The second-order valence-electron chi connectivity index (χ2n) is 8.56. The molecule has 2 aromatic rings. The van der Waals surface area contributed by atoms with E-state index in [0.29, 0.717) is 0 Å². The number of aryl methyl sites for hydroxylation is 1. The molecular formula is C26H32N2O. The van der Waals surface area contributed by atoms with Crippen molar-refractivity contribution in [2.24, 2.45) is 5.41 Å². The van der Waals surface area contributed by atoms with Gasteiger partial charge in [-0.05, 0) is 92.9 Å². The maximum absolute atomic E-state index is 12.7. The topological polar surface area (TPSA) is 32.3 Å². The first-order valence-electron chi connectivity index (χ1n) is 11.0. The zero-order chi connectivity index (χ0) is 20.4. The van der Waals surface area contributed by atoms with E-state index in [1.54, 1.807) is 0 Å². The summed E-state index contributed by atoms with van der Waals surface area (Å²) in [7, 11) is 0. The van der Waals surface area contributed by atoms with Crippen molar-refractivity contribution in [3.63, 3.8) is 0 Å². The van der Waals surface area contributed by atoms with E-state index in [4.69, 9.17) is 0 Å². The van der Waals surface area contributed by atoms with E-state index in [-0.39, 0.29) is 11.3 Å². The maximum Gasteiger partial charge on any atom is 0.253 e. The van der Waals surface area contributed by atoms with E-state index < -0.39 is 0 Å². The van der Waals surface area contributed by atoms with Crippen molar-refractivity contribution < 1.29 is 4.79 Å². The summed E-state index contributed by atoms with van der Waals surface area (Å²) in [5, 5.41) is 3.51. The minimum atomic E-state index is 0.116. The number of nitrogens with one attached hydrogen (secondary N) is 1. The average molecular weight is 389 g/mol. The van der Waals surface area contributed by atoms with E-state index in [2.05, 4.69) is 48.6 Å². The molecule has 1 fully saturated rings. The lowest BCUT2D eigenvalue weighted by Crippen LogP contribution is -2.38. The number of carbonyl (C=O) groups is 1. The van der Waals surface area contributed by atoms with Crippen LogP contribution in [0.2, 0.25) is 0 Å². The second-order valence-corrected chi connectivity index (χ2v) is 8.56. The van der Waals surface area contributed by atoms with Gasteiger partial charge in [-0.2, -0.15) is 0 Å². The predicted octanol–water partition coefficient (Wildman–Crippen LogP) is 4.83. The normalized spacial score (nSPS) is 17.6. The third-order valence-corrected chi connectivity index (χ3v) is 6.64. The Bertz CT molecular complexity index is 916. The summed E-state index contributed by atoms with van der Waals surface area (Å²) < 4.78 is 0. The Morgan fingerprint density at radius 1 is 1.03 bits per heavy atom. The van der Waals surface area contributed by atoms with E-state index in [0.717, 1.165) is 38.2 Å². The molecular weight excluding hydrogens is 356 g/mol. The van der Waals surface area contributed by atoms with Crippen molar-refractivity contribution in [3.8, 4) is 0 Å². The van der Waals surface area contributed by atoms with Crippen LogP contribution in [0.3, 0.4) is 0 Å². The zero-order valence-corrected chi connectivity index (χ0v) is 17.9. The van der Waals surface area contributed by atoms with E-state index in [1.807, 2.05) is 30.9 Å². The van der Waals surface area contributed by atoms with Crippen molar-refractivity contribution in [1.29, 1.82) is 0 Å². The van der Waals surface area contributed by atoms with Crippen LogP contribution < -0.4 is 5.32 Å². The van der Waals surface area contributed by atoms with Gasteiger partial charge in [0.25, 0.3) is 5.91 Å². The number of allylic oxidation sites excluding steroid dienone is 1. The van der Waals surface area contributed by atoms with Crippen LogP contribution in [0, 0.1) is 12.3 Å². The molecule has 1 heterocycles. The van der Waals surface area contributed by atoms with Crippen LogP contribution in [0.5, 0.6) is 0 Å². The Labute approximate surface area is 174 Å². The molecule has 0 radical (unpaired) electrons. The number of amides is 1. The molecule has 152 valence electrons. The Hall–Kier alpha value is -2.39. The van der Waals surface area contributed by atoms with Crippen molar-refractivity contribution in [2.45, 2.75) is 40.0 Å². The summed E-state index contributed by atoms with van der Waals surface area (Å²) in [6.07, 6.45) is 6.04. The standard InChI is InChI=1S/C26H32N2O/c1-4-28(5-2)25(29)21-10-8-20(9-11-21)24-18-26(12-14-27-15-13-26)17-22-7-6-19(3)16-23(22)24/h6-11,16,18,27H,4-5,12-15,17H2,1-3H3. The van der Waals surface area contributed by atoms with Crippen LogP contribution in [-0.4, -0.2) is 37.0 Å². The fourth-order valence-corrected chi connectivity index (χ4v) is 4.88. The molecule has 1 aliphatic heterocycles. The number of benzene rings is 2. The van der Waals surface area contributed by atoms with Crippen LogP contribution in [0.4, 0.5) is 0 Å². The van der Waals surface area contributed by atoms with Crippen molar-refractivity contribution in [3.05, 3.63) is 76.4 Å². The van der Waals surface area contributed by atoms with E-state index >= 15 is 0 Å². The molecule has 1 saturated heterocycles. The highest BCUT2D eigenvalue weighted by molar-refractivity contribution is 5.95. The third kappa shape index (κ3) is 3.89. The highest BCUT2D eigenvalue weighted by Crippen LogP contribution is 2.45. The van der Waals surface area contributed by atoms with Crippen molar-refractivity contribution in [1.82, 2.24) is 10.2 Å². The number of rotatable bonds is 4.